The van der Waals surface area contributed by atoms with Crippen LogP contribution < -0.4 is 11.1 Å². The highest BCUT2D eigenvalue weighted by atomic mass is 16.4. The van der Waals surface area contributed by atoms with Gasteiger partial charge in [0.2, 0.25) is 11.8 Å². The quantitative estimate of drug-likeness (QED) is 0.571. The lowest BCUT2D eigenvalue weighted by Gasteiger charge is -2.29. The Labute approximate surface area is 94.2 Å². The molecule has 0 fully saturated rings. The Balaban J connectivity index is 4.68. The monoisotopic (exact) mass is 230 g/mol. The van der Waals surface area contributed by atoms with Crippen LogP contribution in [0.25, 0.3) is 0 Å². The third kappa shape index (κ3) is 3.88. The molecule has 16 heavy (non-hydrogen) atoms. The van der Waals surface area contributed by atoms with Crippen LogP contribution in [-0.4, -0.2) is 28.4 Å². The van der Waals surface area contributed by atoms with Crippen molar-refractivity contribution in [3.05, 3.63) is 0 Å². The van der Waals surface area contributed by atoms with E-state index in [2.05, 4.69) is 5.32 Å². The first-order chi connectivity index (χ1) is 6.99. The van der Waals surface area contributed by atoms with Gasteiger partial charge in [-0.1, -0.05) is 0 Å². The molecular weight excluding hydrogens is 212 g/mol. The lowest BCUT2D eigenvalue weighted by atomic mass is 9.90. The predicted molar refractivity (Wildman–Crippen MR) is 57.4 cm³/mol. The van der Waals surface area contributed by atoms with E-state index in [0.717, 1.165) is 0 Å². The largest absolute Gasteiger partial charge is 0.480 e. The number of primary amides is 1. The highest BCUT2D eigenvalue weighted by Gasteiger charge is 2.38. The van der Waals surface area contributed by atoms with Crippen molar-refractivity contribution in [2.24, 2.45) is 11.1 Å². The number of carboxylic acid groups (broad SMARTS) is 1. The maximum absolute atomic E-state index is 11.7. The van der Waals surface area contributed by atoms with E-state index in [1.807, 2.05) is 0 Å². The number of hydrogen-bond acceptors (Lipinski definition) is 3. The number of rotatable bonds is 5. The number of hydrogen-bond donors (Lipinski definition) is 3. The summed E-state index contributed by atoms with van der Waals surface area (Å²) < 4.78 is 0. The number of carbonyl (C=O) groups is 3. The summed E-state index contributed by atoms with van der Waals surface area (Å²) in [5.41, 5.74) is 2.63. The van der Waals surface area contributed by atoms with E-state index in [9.17, 15) is 14.4 Å². The fraction of sp³-hybridized carbons (Fsp3) is 0.700. The fourth-order valence-corrected chi connectivity index (χ4v) is 1.04. The number of amides is 2. The van der Waals surface area contributed by atoms with E-state index in [1.165, 1.54) is 13.8 Å². The summed E-state index contributed by atoms with van der Waals surface area (Å²) in [6.45, 7) is 5.80. The van der Waals surface area contributed by atoms with Crippen LogP contribution in [-0.2, 0) is 14.4 Å². The van der Waals surface area contributed by atoms with Crippen LogP contribution in [0, 0.1) is 5.41 Å². The Bertz CT molecular complexity index is 321. The summed E-state index contributed by atoms with van der Waals surface area (Å²) >= 11 is 0. The van der Waals surface area contributed by atoms with Crippen molar-refractivity contribution in [2.75, 3.05) is 0 Å². The zero-order valence-corrected chi connectivity index (χ0v) is 9.96. The van der Waals surface area contributed by atoms with E-state index in [1.54, 1.807) is 13.8 Å². The Hall–Kier alpha value is -1.59. The molecule has 6 nitrogen and oxygen atoms in total. The van der Waals surface area contributed by atoms with Gasteiger partial charge in [-0.25, -0.2) is 0 Å². The number of nitrogens with two attached hydrogens (primary N) is 1. The molecule has 0 radical (unpaired) electrons. The van der Waals surface area contributed by atoms with E-state index >= 15 is 0 Å². The molecule has 0 aromatic rings. The Morgan fingerprint density at radius 3 is 1.94 bits per heavy atom. The summed E-state index contributed by atoms with van der Waals surface area (Å²) in [4.78, 5) is 33.2. The van der Waals surface area contributed by atoms with Gasteiger partial charge in [0.25, 0.3) is 0 Å². The Morgan fingerprint density at radius 2 is 1.62 bits per heavy atom. The van der Waals surface area contributed by atoms with Crippen LogP contribution in [0.1, 0.15) is 34.1 Å². The first-order valence-electron chi connectivity index (χ1n) is 4.83. The van der Waals surface area contributed by atoms with Gasteiger partial charge in [-0.3, -0.25) is 14.4 Å². The van der Waals surface area contributed by atoms with Gasteiger partial charge in [-0.2, -0.15) is 0 Å². The molecule has 0 aromatic heterocycles. The molecule has 0 spiro atoms. The molecule has 0 bridgehead atoms. The number of carboxylic acids is 1. The third-order valence-corrected chi connectivity index (χ3v) is 2.17. The van der Waals surface area contributed by atoms with Gasteiger partial charge in [-0.05, 0) is 27.7 Å². The van der Waals surface area contributed by atoms with Gasteiger partial charge in [-0.15, -0.1) is 0 Å². The minimum atomic E-state index is -1.53. The minimum absolute atomic E-state index is 0.0472. The average molecular weight is 230 g/mol. The van der Waals surface area contributed by atoms with E-state index in [4.69, 9.17) is 10.8 Å². The molecule has 0 rings (SSSR count). The summed E-state index contributed by atoms with van der Waals surface area (Å²) in [6.07, 6.45) is -0.0472. The Kier molecular flexibility index (Phi) is 4.06. The molecule has 2 amide bonds. The van der Waals surface area contributed by atoms with Crippen molar-refractivity contribution in [2.45, 2.75) is 39.7 Å². The fourth-order valence-electron chi connectivity index (χ4n) is 1.04. The molecule has 0 aromatic carbocycles. The summed E-state index contributed by atoms with van der Waals surface area (Å²) in [7, 11) is 0. The van der Waals surface area contributed by atoms with Crippen molar-refractivity contribution >= 4 is 17.8 Å². The van der Waals surface area contributed by atoms with Crippen molar-refractivity contribution in [1.82, 2.24) is 5.32 Å². The molecule has 0 aliphatic rings. The molecule has 92 valence electrons. The first-order valence-corrected chi connectivity index (χ1v) is 4.83. The van der Waals surface area contributed by atoms with Crippen molar-refractivity contribution in [3.8, 4) is 0 Å². The standard InChI is InChI=1S/C10H18N2O4/c1-9(2,5-6(11)13)12-7(14)10(3,4)8(15)16/h5H2,1-4H3,(H2,11,13)(H,12,14)(H,15,16). The van der Waals surface area contributed by atoms with Crippen LogP contribution in [0.3, 0.4) is 0 Å². The second kappa shape index (κ2) is 4.51. The SMILES string of the molecule is CC(C)(CC(N)=O)NC(=O)C(C)(C)C(=O)O. The van der Waals surface area contributed by atoms with Gasteiger partial charge in [0, 0.05) is 12.0 Å². The number of carbonyl (C=O) groups excluding carboxylic acids is 2. The third-order valence-electron chi connectivity index (χ3n) is 2.17. The maximum Gasteiger partial charge on any atom is 0.318 e. The van der Waals surface area contributed by atoms with Crippen LogP contribution >= 0.6 is 0 Å². The van der Waals surface area contributed by atoms with E-state index in [0.29, 0.717) is 0 Å². The van der Waals surface area contributed by atoms with Gasteiger partial charge >= 0.3 is 5.97 Å². The average Bonchev–Trinajstić information content (AvgIpc) is 1.99. The van der Waals surface area contributed by atoms with Crippen LogP contribution in [0.2, 0.25) is 0 Å². The van der Waals surface area contributed by atoms with Crippen LogP contribution in [0.5, 0.6) is 0 Å². The molecule has 0 unspecified atom stereocenters. The summed E-state index contributed by atoms with van der Waals surface area (Å²) in [5.74, 6) is -2.43. The molecule has 0 aliphatic heterocycles. The second-order valence-corrected chi connectivity index (χ2v) is 4.91. The molecular formula is C10H18N2O4. The van der Waals surface area contributed by atoms with Crippen molar-refractivity contribution in [1.29, 1.82) is 0 Å². The predicted octanol–water partition coefficient (Wildman–Crippen LogP) is -0.133. The lowest BCUT2D eigenvalue weighted by Crippen LogP contribution is -2.52. The smallest absolute Gasteiger partial charge is 0.318 e. The minimum Gasteiger partial charge on any atom is -0.480 e. The molecule has 0 aliphatic carbocycles. The highest BCUT2D eigenvalue weighted by Crippen LogP contribution is 2.18. The number of nitrogens with one attached hydrogen (secondary N) is 1. The summed E-state index contributed by atoms with van der Waals surface area (Å²) in [5, 5.41) is 11.3. The lowest BCUT2D eigenvalue weighted by molar-refractivity contribution is -0.154. The summed E-state index contributed by atoms with van der Waals surface area (Å²) in [6, 6.07) is 0. The second-order valence-electron chi connectivity index (χ2n) is 4.91. The molecule has 6 heteroatoms. The number of aliphatic carboxylic acids is 1. The van der Waals surface area contributed by atoms with Crippen molar-refractivity contribution < 1.29 is 19.5 Å². The topological polar surface area (TPSA) is 109 Å². The van der Waals surface area contributed by atoms with E-state index < -0.39 is 28.7 Å². The van der Waals surface area contributed by atoms with Gasteiger partial charge in [0.15, 0.2) is 0 Å². The molecule has 0 atom stereocenters. The first kappa shape index (κ1) is 14.4. The molecule has 4 N–H and O–H groups in total. The maximum atomic E-state index is 11.7. The highest BCUT2D eigenvalue weighted by molar-refractivity contribution is 6.01. The van der Waals surface area contributed by atoms with Crippen LogP contribution in [0.4, 0.5) is 0 Å². The Morgan fingerprint density at radius 1 is 1.19 bits per heavy atom. The zero-order valence-electron chi connectivity index (χ0n) is 9.96. The van der Waals surface area contributed by atoms with Gasteiger partial charge < -0.3 is 16.2 Å². The van der Waals surface area contributed by atoms with E-state index in [-0.39, 0.29) is 6.42 Å². The normalized spacial score (nSPS) is 12.0. The zero-order chi connectivity index (χ0) is 13.1. The molecule has 0 saturated carbocycles. The van der Waals surface area contributed by atoms with Gasteiger partial charge in [0.1, 0.15) is 5.41 Å². The van der Waals surface area contributed by atoms with Gasteiger partial charge in [0.05, 0.1) is 0 Å². The van der Waals surface area contributed by atoms with Crippen LogP contribution in [0.15, 0.2) is 0 Å². The molecule has 0 saturated heterocycles. The van der Waals surface area contributed by atoms with Crippen molar-refractivity contribution in [3.63, 3.8) is 0 Å². The molecule has 0 heterocycles.